The summed E-state index contributed by atoms with van der Waals surface area (Å²) in [5.74, 6) is -0.732. The summed E-state index contributed by atoms with van der Waals surface area (Å²) >= 11 is 1.40. The van der Waals surface area contributed by atoms with Crippen LogP contribution in [-0.4, -0.2) is 36.1 Å². The number of carbonyl (C=O) groups excluding carboxylic acids is 2. The maximum atomic E-state index is 11.6. The Balaban J connectivity index is 2.67. The molecule has 1 rings (SSSR count). The van der Waals surface area contributed by atoms with Crippen LogP contribution < -0.4 is 0 Å². The van der Waals surface area contributed by atoms with E-state index in [9.17, 15) is 9.59 Å². The van der Waals surface area contributed by atoms with Crippen molar-refractivity contribution in [1.29, 1.82) is 0 Å². The Hall–Kier alpha value is -1.17. The zero-order valence-corrected chi connectivity index (χ0v) is 10.3. The molecule has 90 valence electrons. The molecule has 0 aromatic heterocycles. The summed E-state index contributed by atoms with van der Waals surface area (Å²) in [6.07, 6.45) is 1.18. The minimum atomic E-state index is -0.440. The Morgan fingerprint density at radius 2 is 2.25 bits per heavy atom. The standard InChI is InChI=1S/C10H15NO4S/c1-4-15-10(13)11-5-6-16-8(11)7(2)9(12)14-3/h5-8H,4H2,1-3H3. The van der Waals surface area contributed by atoms with Crippen LogP contribution in [0, 0.1) is 5.92 Å². The van der Waals surface area contributed by atoms with Gasteiger partial charge in [0.05, 0.1) is 19.6 Å². The molecule has 0 aromatic rings. The molecular formula is C10H15NO4S. The summed E-state index contributed by atoms with van der Waals surface area (Å²) in [4.78, 5) is 24.4. The summed E-state index contributed by atoms with van der Waals surface area (Å²) in [5, 5.41) is 1.48. The number of hydrogen-bond acceptors (Lipinski definition) is 5. The fourth-order valence-electron chi connectivity index (χ4n) is 1.36. The van der Waals surface area contributed by atoms with Crippen LogP contribution in [0.4, 0.5) is 4.79 Å². The lowest BCUT2D eigenvalue weighted by Gasteiger charge is -2.25. The maximum Gasteiger partial charge on any atom is 0.414 e. The lowest BCUT2D eigenvalue weighted by Crippen LogP contribution is -2.39. The highest BCUT2D eigenvalue weighted by atomic mass is 32.2. The molecule has 6 heteroatoms. The molecule has 0 bridgehead atoms. The van der Waals surface area contributed by atoms with Gasteiger partial charge in [0.1, 0.15) is 5.37 Å². The lowest BCUT2D eigenvalue weighted by atomic mass is 10.2. The second-order valence-electron chi connectivity index (χ2n) is 3.23. The Bertz CT molecular complexity index is 305. The lowest BCUT2D eigenvalue weighted by molar-refractivity contribution is -0.145. The van der Waals surface area contributed by atoms with E-state index in [1.54, 1.807) is 25.5 Å². The molecule has 0 fully saturated rings. The van der Waals surface area contributed by atoms with Gasteiger partial charge in [0, 0.05) is 6.20 Å². The minimum Gasteiger partial charge on any atom is -0.469 e. The number of amides is 1. The smallest absolute Gasteiger partial charge is 0.414 e. The number of thioether (sulfide) groups is 1. The molecule has 0 N–H and O–H groups in total. The Labute approximate surface area is 98.8 Å². The third-order valence-electron chi connectivity index (χ3n) is 2.19. The van der Waals surface area contributed by atoms with Crippen LogP contribution in [0.5, 0.6) is 0 Å². The largest absolute Gasteiger partial charge is 0.469 e. The monoisotopic (exact) mass is 245 g/mol. The first-order valence-corrected chi connectivity index (χ1v) is 5.91. The van der Waals surface area contributed by atoms with Gasteiger partial charge in [-0.25, -0.2) is 4.79 Å². The number of methoxy groups -OCH3 is 1. The van der Waals surface area contributed by atoms with Crippen molar-refractivity contribution >= 4 is 23.8 Å². The highest BCUT2D eigenvalue weighted by Crippen LogP contribution is 2.31. The number of esters is 1. The first kappa shape index (κ1) is 12.9. The molecule has 1 heterocycles. The van der Waals surface area contributed by atoms with Crippen LogP contribution in [0.2, 0.25) is 0 Å². The third kappa shape index (κ3) is 2.69. The van der Waals surface area contributed by atoms with E-state index in [2.05, 4.69) is 4.74 Å². The fraction of sp³-hybridized carbons (Fsp3) is 0.600. The average Bonchev–Trinajstić information content (AvgIpc) is 2.76. The third-order valence-corrected chi connectivity index (χ3v) is 3.39. The molecule has 2 atom stereocenters. The maximum absolute atomic E-state index is 11.6. The van der Waals surface area contributed by atoms with Crippen molar-refractivity contribution in [1.82, 2.24) is 4.90 Å². The molecule has 0 radical (unpaired) electrons. The van der Waals surface area contributed by atoms with Crippen molar-refractivity contribution < 1.29 is 19.1 Å². The summed E-state index contributed by atoms with van der Waals surface area (Å²) in [6.45, 7) is 3.78. The predicted molar refractivity (Wildman–Crippen MR) is 60.6 cm³/mol. The van der Waals surface area contributed by atoms with Gasteiger partial charge in [-0.1, -0.05) is 0 Å². The highest BCUT2D eigenvalue weighted by molar-refractivity contribution is 8.02. The zero-order valence-electron chi connectivity index (χ0n) is 9.50. The Kier molecular flexibility index (Phi) is 4.67. The summed E-state index contributed by atoms with van der Waals surface area (Å²) in [7, 11) is 1.33. The van der Waals surface area contributed by atoms with Crippen molar-refractivity contribution in [2.24, 2.45) is 5.92 Å². The summed E-state index contributed by atoms with van der Waals surface area (Å²) < 4.78 is 9.54. The summed E-state index contributed by atoms with van der Waals surface area (Å²) in [5.41, 5.74) is 0. The number of carbonyl (C=O) groups is 2. The molecule has 0 aromatic carbocycles. The quantitative estimate of drug-likeness (QED) is 0.710. The predicted octanol–water partition coefficient (Wildman–Crippen LogP) is 1.80. The van der Waals surface area contributed by atoms with Crippen molar-refractivity contribution in [3.05, 3.63) is 11.6 Å². The van der Waals surface area contributed by atoms with E-state index in [4.69, 9.17) is 4.74 Å². The molecule has 0 saturated carbocycles. The molecule has 2 unspecified atom stereocenters. The van der Waals surface area contributed by atoms with Gasteiger partial charge in [0.15, 0.2) is 0 Å². The zero-order chi connectivity index (χ0) is 12.1. The minimum absolute atomic E-state index is 0.286. The van der Waals surface area contributed by atoms with E-state index in [1.807, 2.05) is 0 Å². The number of hydrogen-bond donors (Lipinski definition) is 0. The molecule has 0 aliphatic carbocycles. The SMILES string of the molecule is CCOC(=O)N1C=CSC1C(C)C(=O)OC. The van der Waals surface area contributed by atoms with Gasteiger partial charge < -0.3 is 9.47 Å². The van der Waals surface area contributed by atoms with E-state index in [0.29, 0.717) is 6.61 Å². The van der Waals surface area contributed by atoms with E-state index in [0.717, 1.165) is 0 Å². The molecule has 1 aliphatic rings. The van der Waals surface area contributed by atoms with Gasteiger partial charge >= 0.3 is 12.1 Å². The van der Waals surface area contributed by atoms with Crippen LogP contribution in [0.25, 0.3) is 0 Å². The van der Waals surface area contributed by atoms with Crippen LogP contribution in [0.3, 0.4) is 0 Å². The van der Waals surface area contributed by atoms with Crippen molar-refractivity contribution in [3.8, 4) is 0 Å². The number of ether oxygens (including phenoxy) is 2. The normalized spacial score (nSPS) is 20.7. The Morgan fingerprint density at radius 1 is 1.56 bits per heavy atom. The molecule has 1 amide bonds. The van der Waals surface area contributed by atoms with Gasteiger partial charge in [0.2, 0.25) is 0 Å². The van der Waals surface area contributed by atoms with Crippen LogP contribution in [0.1, 0.15) is 13.8 Å². The Morgan fingerprint density at radius 3 is 2.81 bits per heavy atom. The summed E-state index contributed by atoms with van der Waals surface area (Å²) in [6, 6.07) is 0. The van der Waals surface area contributed by atoms with Gasteiger partial charge in [0.25, 0.3) is 0 Å². The van der Waals surface area contributed by atoms with Gasteiger partial charge in [-0.15, -0.1) is 11.8 Å². The van der Waals surface area contributed by atoms with Gasteiger partial charge in [-0.05, 0) is 19.3 Å². The number of nitrogens with zero attached hydrogens (tertiary/aromatic N) is 1. The second kappa shape index (κ2) is 5.79. The molecule has 1 aliphatic heterocycles. The molecule has 0 saturated heterocycles. The van der Waals surface area contributed by atoms with Crippen LogP contribution in [0.15, 0.2) is 11.6 Å². The average molecular weight is 245 g/mol. The van der Waals surface area contributed by atoms with Crippen molar-refractivity contribution in [2.75, 3.05) is 13.7 Å². The topological polar surface area (TPSA) is 55.8 Å². The van der Waals surface area contributed by atoms with Crippen molar-refractivity contribution in [3.63, 3.8) is 0 Å². The van der Waals surface area contributed by atoms with E-state index >= 15 is 0 Å². The molecule has 16 heavy (non-hydrogen) atoms. The first-order chi connectivity index (χ1) is 7.61. The fourth-order valence-corrected chi connectivity index (χ4v) is 2.35. The van der Waals surface area contributed by atoms with Crippen LogP contribution >= 0.6 is 11.8 Å². The van der Waals surface area contributed by atoms with E-state index in [1.165, 1.54) is 23.8 Å². The highest BCUT2D eigenvalue weighted by Gasteiger charge is 2.35. The van der Waals surface area contributed by atoms with Crippen LogP contribution in [-0.2, 0) is 14.3 Å². The molecule has 0 spiro atoms. The molecular weight excluding hydrogens is 230 g/mol. The van der Waals surface area contributed by atoms with E-state index < -0.39 is 12.0 Å². The van der Waals surface area contributed by atoms with Gasteiger partial charge in [-0.3, -0.25) is 9.69 Å². The molecule has 5 nitrogen and oxygen atoms in total. The first-order valence-electron chi connectivity index (χ1n) is 4.96. The van der Waals surface area contributed by atoms with E-state index in [-0.39, 0.29) is 11.3 Å². The van der Waals surface area contributed by atoms with Gasteiger partial charge in [-0.2, -0.15) is 0 Å². The second-order valence-corrected chi connectivity index (χ2v) is 4.26. The van der Waals surface area contributed by atoms with Crippen molar-refractivity contribution in [2.45, 2.75) is 19.2 Å². The number of rotatable bonds is 3.